The molecule has 0 saturated carbocycles. The first kappa shape index (κ1) is 24.4. The van der Waals surface area contributed by atoms with Crippen LogP contribution < -0.4 is 10.2 Å². The molecule has 3 aliphatic rings. The third-order valence-electron chi connectivity index (χ3n) is 7.30. The van der Waals surface area contributed by atoms with Crippen LogP contribution in [0.1, 0.15) is 18.9 Å². The predicted octanol–water partition coefficient (Wildman–Crippen LogP) is 2.78. The smallest absolute Gasteiger partial charge is 0.127 e. The number of aromatic nitrogens is 1. The topological polar surface area (TPSA) is 80.0 Å². The van der Waals surface area contributed by atoms with Gasteiger partial charge < -0.3 is 19.9 Å². The Balaban J connectivity index is 1.22. The summed E-state index contributed by atoms with van der Waals surface area (Å²) in [7, 11) is 0. The number of pyridine rings is 1. The number of anilines is 1. The summed E-state index contributed by atoms with van der Waals surface area (Å²) in [6.45, 7) is 14.3. The number of nitrogens with one attached hydrogen (secondary N) is 1. The summed E-state index contributed by atoms with van der Waals surface area (Å²) >= 11 is 0. The summed E-state index contributed by atoms with van der Waals surface area (Å²) in [4.78, 5) is 16.0. The Hall–Kier alpha value is -3.25. The second-order valence-electron chi connectivity index (χ2n) is 9.84. The normalized spacial score (nSPS) is 24.9. The molecule has 0 amide bonds. The SMILES string of the molecule is C=N/C(=C\C=C1/CCNC1)N1CCN(CC2CN(c3ccc(C#N)c4ncccc34)CC(C)O2)CC1. The highest BCUT2D eigenvalue weighted by Crippen LogP contribution is 2.30. The molecule has 1 N–H and O–H groups in total. The highest BCUT2D eigenvalue weighted by atomic mass is 16.5. The number of allylic oxidation sites excluding steroid dienone is 2. The standard InChI is InChI=1S/C28H35N7O/c1-21-18-35(26-7-6-23(16-29)28-25(26)4-3-10-32-28)20-24(36-21)19-33-12-14-34(15-13-33)27(30-2)8-5-22-9-11-31-17-22/h3-8,10,21,24,31H,2,9,11-15,17-20H2,1H3/b22-5+,27-8+. The fourth-order valence-corrected chi connectivity index (χ4v) is 5.49. The first-order valence-corrected chi connectivity index (χ1v) is 12.9. The Morgan fingerprint density at radius 3 is 2.89 bits per heavy atom. The maximum atomic E-state index is 9.50. The summed E-state index contributed by atoms with van der Waals surface area (Å²) in [6, 6.07) is 10.2. The first-order chi connectivity index (χ1) is 17.6. The van der Waals surface area contributed by atoms with E-state index in [2.05, 4.69) is 74.0 Å². The molecule has 2 unspecified atom stereocenters. The molecule has 2 atom stereocenters. The average Bonchev–Trinajstić information content (AvgIpc) is 3.43. The number of aliphatic imine (C=N–C) groups is 1. The lowest BCUT2D eigenvalue weighted by Crippen LogP contribution is -2.54. The van der Waals surface area contributed by atoms with Crippen LogP contribution in [-0.4, -0.2) is 92.6 Å². The van der Waals surface area contributed by atoms with Crippen molar-refractivity contribution in [1.82, 2.24) is 20.1 Å². The molecule has 8 nitrogen and oxygen atoms in total. The number of nitriles is 1. The summed E-state index contributed by atoms with van der Waals surface area (Å²) in [5.41, 5.74) is 3.93. The predicted molar refractivity (Wildman–Crippen MR) is 144 cm³/mol. The maximum Gasteiger partial charge on any atom is 0.127 e. The van der Waals surface area contributed by atoms with Crippen LogP contribution in [0.25, 0.3) is 10.9 Å². The van der Waals surface area contributed by atoms with Crippen LogP contribution in [-0.2, 0) is 4.74 Å². The summed E-state index contributed by atoms with van der Waals surface area (Å²) in [6.07, 6.45) is 7.43. The van der Waals surface area contributed by atoms with Crippen molar-refractivity contribution < 1.29 is 4.74 Å². The fraction of sp³-hybridized carbons (Fsp3) is 0.464. The molecule has 0 bridgehead atoms. The number of benzene rings is 1. The van der Waals surface area contributed by atoms with Crippen LogP contribution in [0.15, 0.2) is 59.0 Å². The van der Waals surface area contributed by atoms with Crippen molar-refractivity contribution in [1.29, 1.82) is 5.26 Å². The molecule has 0 radical (unpaired) electrons. The molecule has 3 saturated heterocycles. The van der Waals surface area contributed by atoms with E-state index in [1.165, 1.54) is 5.57 Å². The minimum atomic E-state index is 0.120. The molecule has 188 valence electrons. The van der Waals surface area contributed by atoms with Crippen molar-refractivity contribution in [2.24, 2.45) is 4.99 Å². The molecule has 0 aliphatic carbocycles. The van der Waals surface area contributed by atoms with Gasteiger partial charge in [-0.25, -0.2) is 4.99 Å². The number of piperazine rings is 1. The van der Waals surface area contributed by atoms with Crippen LogP contribution in [0.3, 0.4) is 0 Å². The molecular weight excluding hydrogens is 450 g/mol. The third-order valence-corrected chi connectivity index (χ3v) is 7.30. The van der Waals surface area contributed by atoms with E-state index >= 15 is 0 Å². The highest BCUT2D eigenvalue weighted by Gasteiger charge is 2.29. The lowest BCUT2D eigenvalue weighted by molar-refractivity contribution is -0.0366. The molecule has 8 heteroatoms. The zero-order valence-electron chi connectivity index (χ0n) is 21.1. The third kappa shape index (κ3) is 5.44. The zero-order valence-corrected chi connectivity index (χ0v) is 21.1. The summed E-state index contributed by atoms with van der Waals surface area (Å²) < 4.78 is 6.37. The molecule has 1 aromatic heterocycles. The van der Waals surface area contributed by atoms with Crippen molar-refractivity contribution in [2.75, 3.05) is 63.8 Å². The summed E-state index contributed by atoms with van der Waals surface area (Å²) in [5.74, 6) is 0.962. The second-order valence-corrected chi connectivity index (χ2v) is 9.84. The molecule has 4 heterocycles. The first-order valence-electron chi connectivity index (χ1n) is 12.9. The Morgan fingerprint density at radius 2 is 2.14 bits per heavy atom. The van der Waals surface area contributed by atoms with Gasteiger partial charge in [0.25, 0.3) is 0 Å². The lowest BCUT2D eigenvalue weighted by atomic mass is 10.1. The van der Waals surface area contributed by atoms with Gasteiger partial charge in [-0.05, 0) is 56.9 Å². The Bertz CT molecular complexity index is 1180. The number of morpholine rings is 1. The average molecular weight is 486 g/mol. The number of hydrogen-bond donors (Lipinski definition) is 1. The zero-order chi connectivity index (χ0) is 24.9. The number of rotatable bonds is 6. The van der Waals surface area contributed by atoms with Crippen LogP contribution in [0, 0.1) is 11.3 Å². The van der Waals surface area contributed by atoms with E-state index < -0.39 is 0 Å². The van der Waals surface area contributed by atoms with E-state index in [1.54, 1.807) is 6.20 Å². The van der Waals surface area contributed by atoms with Gasteiger partial charge in [0.1, 0.15) is 11.9 Å². The number of hydrogen-bond acceptors (Lipinski definition) is 8. The second kappa shape index (κ2) is 11.2. The Kier molecular flexibility index (Phi) is 7.61. The van der Waals surface area contributed by atoms with Gasteiger partial charge in [0.05, 0.1) is 23.3 Å². The van der Waals surface area contributed by atoms with Gasteiger partial charge in [-0.1, -0.05) is 11.6 Å². The molecule has 5 rings (SSSR count). The van der Waals surface area contributed by atoms with E-state index in [0.29, 0.717) is 5.56 Å². The molecule has 1 aromatic carbocycles. The fourth-order valence-electron chi connectivity index (χ4n) is 5.49. The quantitative estimate of drug-likeness (QED) is 0.630. The minimum Gasteiger partial charge on any atom is -0.370 e. The van der Waals surface area contributed by atoms with Gasteiger partial charge in [0.15, 0.2) is 0 Å². The van der Waals surface area contributed by atoms with E-state index in [-0.39, 0.29) is 12.2 Å². The Morgan fingerprint density at radius 1 is 1.28 bits per heavy atom. The van der Waals surface area contributed by atoms with Gasteiger partial charge >= 0.3 is 0 Å². The largest absolute Gasteiger partial charge is 0.370 e. The molecule has 3 aliphatic heterocycles. The van der Waals surface area contributed by atoms with Crippen molar-refractivity contribution in [2.45, 2.75) is 25.6 Å². The van der Waals surface area contributed by atoms with E-state index in [4.69, 9.17) is 4.74 Å². The van der Waals surface area contributed by atoms with E-state index in [0.717, 1.165) is 87.7 Å². The van der Waals surface area contributed by atoms with Crippen LogP contribution in [0.5, 0.6) is 0 Å². The van der Waals surface area contributed by atoms with E-state index in [1.807, 2.05) is 12.1 Å². The van der Waals surface area contributed by atoms with Crippen LogP contribution in [0.4, 0.5) is 5.69 Å². The number of nitrogens with zero attached hydrogens (tertiary/aromatic N) is 6. The van der Waals surface area contributed by atoms with Gasteiger partial charge in [-0.2, -0.15) is 5.26 Å². The molecule has 2 aromatic rings. The van der Waals surface area contributed by atoms with Crippen LogP contribution in [0.2, 0.25) is 0 Å². The lowest BCUT2D eigenvalue weighted by Gasteiger charge is -2.42. The van der Waals surface area contributed by atoms with Crippen molar-refractivity contribution in [3.8, 4) is 6.07 Å². The van der Waals surface area contributed by atoms with Crippen molar-refractivity contribution in [3.05, 3.63) is 59.6 Å². The number of fused-ring (bicyclic) bond motifs is 1. The monoisotopic (exact) mass is 485 g/mol. The van der Waals surface area contributed by atoms with Gasteiger partial charge in [0, 0.05) is 69.6 Å². The van der Waals surface area contributed by atoms with Crippen molar-refractivity contribution >= 4 is 23.3 Å². The molecule has 3 fully saturated rings. The van der Waals surface area contributed by atoms with Gasteiger partial charge in [0.2, 0.25) is 0 Å². The van der Waals surface area contributed by atoms with Gasteiger partial charge in [-0.3, -0.25) is 9.88 Å². The number of ether oxygens (including phenoxy) is 1. The Labute approximate surface area is 213 Å². The maximum absolute atomic E-state index is 9.50. The van der Waals surface area contributed by atoms with Crippen molar-refractivity contribution in [3.63, 3.8) is 0 Å². The van der Waals surface area contributed by atoms with E-state index in [9.17, 15) is 5.26 Å². The van der Waals surface area contributed by atoms with Crippen LogP contribution >= 0.6 is 0 Å². The van der Waals surface area contributed by atoms with Gasteiger partial charge in [-0.15, -0.1) is 0 Å². The molecule has 36 heavy (non-hydrogen) atoms. The molecular formula is C28H35N7O. The molecule has 0 spiro atoms. The summed E-state index contributed by atoms with van der Waals surface area (Å²) in [5, 5.41) is 13.9. The minimum absolute atomic E-state index is 0.120. The highest BCUT2D eigenvalue weighted by molar-refractivity contribution is 5.95.